The van der Waals surface area contributed by atoms with E-state index in [0.717, 1.165) is 37.7 Å². The minimum Gasteiger partial charge on any atom is -0.378 e. The number of ether oxygens (including phenoxy) is 1. The third-order valence-corrected chi connectivity index (χ3v) is 5.96. The van der Waals surface area contributed by atoms with Crippen molar-refractivity contribution in [1.29, 1.82) is 0 Å². The van der Waals surface area contributed by atoms with Crippen LogP contribution in [0.15, 0.2) is 53.5 Å². The van der Waals surface area contributed by atoms with Crippen molar-refractivity contribution in [1.82, 2.24) is 10.6 Å². The molecule has 1 aliphatic carbocycles. The van der Waals surface area contributed by atoms with Gasteiger partial charge in [0, 0.05) is 31.6 Å². The Balaban J connectivity index is 1.38. The Morgan fingerprint density at radius 2 is 1.87 bits per heavy atom. The molecule has 2 fully saturated rings. The number of benzene rings is 2. The highest BCUT2D eigenvalue weighted by Crippen LogP contribution is 2.47. The lowest BCUT2D eigenvalue weighted by molar-refractivity contribution is 0.122. The Labute approximate surface area is 178 Å². The molecule has 6 heteroatoms. The first-order valence-corrected chi connectivity index (χ1v) is 10.9. The molecule has 0 atom stereocenters. The third-order valence-electron chi connectivity index (χ3n) is 5.96. The van der Waals surface area contributed by atoms with Crippen LogP contribution in [0.2, 0.25) is 0 Å². The van der Waals surface area contributed by atoms with Crippen LogP contribution in [0.4, 0.5) is 10.1 Å². The summed E-state index contributed by atoms with van der Waals surface area (Å²) in [5, 5.41) is 6.80. The summed E-state index contributed by atoms with van der Waals surface area (Å²) in [4.78, 5) is 6.72. The summed E-state index contributed by atoms with van der Waals surface area (Å²) in [7, 11) is 0. The zero-order chi connectivity index (χ0) is 20.8. The molecule has 1 heterocycles. The summed E-state index contributed by atoms with van der Waals surface area (Å²) in [5.41, 5.74) is 3.11. The second-order valence-electron chi connectivity index (χ2n) is 8.08. The van der Waals surface area contributed by atoms with Crippen LogP contribution in [0, 0.1) is 5.82 Å². The monoisotopic (exact) mass is 410 g/mol. The molecule has 0 radical (unpaired) electrons. The quantitative estimate of drug-likeness (QED) is 0.542. The maximum atomic E-state index is 14.6. The lowest BCUT2D eigenvalue weighted by Crippen LogP contribution is -2.41. The van der Waals surface area contributed by atoms with Crippen LogP contribution in [0.1, 0.15) is 30.9 Å². The number of hydrogen-bond donors (Lipinski definition) is 2. The lowest BCUT2D eigenvalue weighted by Gasteiger charge is -2.29. The van der Waals surface area contributed by atoms with E-state index in [-0.39, 0.29) is 11.2 Å². The summed E-state index contributed by atoms with van der Waals surface area (Å²) in [5.74, 6) is 0.584. The number of hydrogen-bond acceptors (Lipinski definition) is 3. The van der Waals surface area contributed by atoms with Crippen LogP contribution in [-0.4, -0.2) is 45.4 Å². The van der Waals surface area contributed by atoms with Crippen LogP contribution in [0.25, 0.3) is 0 Å². The fourth-order valence-electron chi connectivity index (χ4n) is 3.98. The molecule has 0 spiro atoms. The van der Waals surface area contributed by atoms with E-state index in [2.05, 4.69) is 52.9 Å². The van der Waals surface area contributed by atoms with E-state index < -0.39 is 0 Å². The van der Waals surface area contributed by atoms with Crippen LogP contribution >= 0.6 is 0 Å². The van der Waals surface area contributed by atoms with E-state index >= 15 is 0 Å². The predicted octanol–water partition coefficient (Wildman–Crippen LogP) is 3.45. The van der Waals surface area contributed by atoms with Gasteiger partial charge in [-0.15, -0.1) is 0 Å². The SMILES string of the molecule is CCNC(=NCc1ccc(N2CCOCC2)c(F)c1)NCC1(c2ccccc2)CC1. The van der Waals surface area contributed by atoms with Crippen molar-refractivity contribution in [3.63, 3.8) is 0 Å². The van der Waals surface area contributed by atoms with Gasteiger partial charge in [0.05, 0.1) is 25.4 Å². The Morgan fingerprint density at radius 3 is 2.53 bits per heavy atom. The van der Waals surface area contributed by atoms with Crippen LogP contribution in [-0.2, 0) is 16.7 Å². The first kappa shape index (κ1) is 20.7. The molecule has 1 saturated heterocycles. The number of nitrogens with one attached hydrogen (secondary N) is 2. The molecule has 0 amide bonds. The number of halogens is 1. The molecule has 2 aromatic rings. The highest BCUT2D eigenvalue weighted by molar-refractivity contribution is 5.80. The van der Waals surface area contributed by atoms with Crippen LogP contribution in [0.5, 0.6) is 0 Å². The molecular formula is C24H31FN4O. The van der Waals surface area contributed by atoms with E-state index in [1.54, 1.807) is 6.07 Å². The molecule has 2 aliphatic rings. The van der Waals surface area contributed by atoms with Crippen molar-refractivity contribution in [2.75, 3.05) is 44.3 Å². The average molecular weight is 411 g/mol. The number of rotatable bonds is 7. The average Bonchev–Trinajstić information content (AvgIpc) is 3.58. The van der Waals surface area contributed by atoms with Gasteiger partial charge >= 0.3 is 0 Å². The minimum absolute atomic E-state index is 0.191. The van der Waals surface area contributed by atoms with Gasteiger partial charge in [-0.05, 0) is 43.0 Å². The molecule has 0 unspecified atom stereocenters. The Bertz CT molecular complexity index is 861. The zero-order valence-electron chi connectivity index (χ0n) is 17.7. The minimum atomic E-state index is -0.191. The molecule has 5 nitrogen and oxygen atoms in total. The molecule has 4 rings (SSSR count). The summed E-state index contributed by atoms with van der Waals surface area (Å²) in [6, 6.07) is 16.1. The Hall–Kier alpha value is -2.60. The van der Waals surface area contributed by atoms with Gasteiger partial charge in [0.25, 0.3) is 0 Å². The molecule has 30 heavy (non-hydrogen) atoms. The van der Waals surface area contributed by atoms with E-state index in [4.69, 9.17) is 4.74 Å². The van der Waals surface area contributed by atoms with Gasteiger partial charge in [-0.2, -0.15) is 0 Å². The van der Waals surface area contributed by atoms with E-state index in [1.165, 1.54) is 18.4 Å². The second-order valence-corrected chi connectivity index (χ2v) is 8.08. The Kier molecular flexibility index (Phi) is 6.53. The normalized spacial score (nSPS) is 18.2. The molecule has 1 saturated carbocycles. The maximum absolute atomic E-state index is 14.6. The van der Waals surface area contributed by atoms with Crippen molar-refractivity contribution >= 4 is 11.6 Å². The topological polar surface area (TPSA) is 48.9 Å². The first-order chi connectivity index (χ1) is 14.7. The highest BCUT2D eigenvalue weighted by Gasteiger charge is 2.43. The summed E-state index contributed by atoms with van der Waals surface area (Å²) >= 11 is 0. The summed E-state index contributed by atoms with van der Waals surface area (Å²) in [6.45, 7) is 6.88. The van der Waals surface area contributed by atoms with E-state index in [0.29, 0.717) is 25.4 Å². The van der Waals surface area contributed by atoms with Gasteiger partial charge in [-0.3, -0.25) is 0 Å². The molecule has 2 N–H and O–H groups in total. The summed E-state index contributed by atoms with van der Waals surface area (Å²) < 4.78 is 20.0. The number of anilines is 1. The molecule has 1 aliphatic heterocycles. The standard InChI is InChI=1S/C24H31FN4O/c1-2-26-23(28-18-24(10-11-24)20-6-4-3-5-7-20)27-17-19-8-9-22(21(25)16-19)29-12-14-30-15-13-29/h3-9,16H,2,10-15,17-18H2,1H3,(H2,26,27,28). The van der Waals surface area contributed by atoms with Gasteiger partial charge in [-0.1, -0.05) is 36.4 Å². The van der Waals surface area contributed by atoms with Crippen LogP contribution < -0.4 is 15.5 Å². The van der Waals surface area contributed by atoms with Crippen molar-refractivity contribution in [2.24, 2.45) is 4.99 Å². The predicted molar refractivity (Wildman–Crippen MR) is 120 cm³/mol. The van der Waals surface area contributed by atoms with Crippen molar-refractivity contribution in [3.05, 3.63) is 65.5 Å². The third kappa shape index (κ3) is 4.93. The summed E-state index contributed by atoms with van der Waals surface area (Å²) in [6.07, 6.45) is 2.38. The number of morpholine rings is 1. The van der Waals surface area contributed by atoms with Gasteiger partial charge < -0.3 is 20.3 Å². The van der Waals surface area contributed by atoms with Crippen LogP contribution in [0.3, 0.4) is 0 Å². The first-order valence-electron chi connectivity index (χ1n) is 10.9. The number of guanidine groups is 1. The smallest absolute Gasteiger partial charge is 0.191 e. The number of aliphatic imine (C=N–C) groups is 1. The van der Waals surface area contributed by atoms with Gasteiger partial charge in [-0.25, -0.2) is 9.38 Å². The molecular weight excluding hydrogens is 379 g/mol. The Morgan fingerprint density at radius 1 is 1.10 bits per heavy atom. The molecule has 160 valence electrons. The second kappa shape index (κ2) is 9.47. The fourth-order valence-corrected chi connectivity index (χ4v) is 3.98. The highest BCUT2D eigenvalue weighted by atomic mass is 19.1. The van der Waals surface area contributed by atoms with E-state index in [1.807, 2.05) is 17.0 Å². The molecule has 0 bridgehead atoms. The maximum Gasteiger partial charge on any atom is 0.191 e. The largest absolute Gasteiger partial charge is 0.378 e. The zero-order valence-corrected chi connectivity index (χ0v) is 17.7. The molecule has 0 aromatic heterocycles. The lowest BCUT2D eigenvalue weighted by atomic mass is 9.96. The van der Waals surface area contributed by atoms with Gasteiger partial charge in [0.15, 0.2) is 5.96 Å². The van der Waals surface area contributed by atoms with Crippen molar-refractivity contribution in [2.45, 2.75) is 31.7 Å². The van der Waals surface area contributed by atoms with Crippen molar-refractivity contribution in [3.8, 4) is 0 Å². The van der Waals surface area contributed by atoms with E-state index in [9.17, 15) is 4.39 Å². The number of nitrogens with zero attached hydrogens (tertiary/aromatic N) is 2. The molecule has 2 aromatic carbocycles. The van der Waals surface area contributed by atoms with Gasteiger partial charge in [0.1, 0.15) is 5.82 Å². The fraction of sp³-hybridized carbons (Fsp3) is 0.458. The van der Waals surface area contributed by atoms with Crippen molar-refractivity contribution < 1.29 is 9.13 Å². The van der Waals surface area contributed by atoms with Gasteiger partial charge in [0.2, 0.25) is 0 Å².